The van der Waals surface area contributed by atoms with E-state index in [1.807, 2.05) is 19.1 Å². The van der Waals surface area contributed by atoms with Gasteiger partial charge >= 0.3 is 0 Å². The first kappa shape index (κ1) is 17.5. The van der Waals surface area contributed by atoms with Crippen LogP contribution in [0.3, 0.4) is 0 Å². The molecule has 0 saturated heterocycles. The van der Waals surface area contributed by atoms with Crippen LogP contribution in [0, 0.1) is 0 Å². The number of carbonyl (C=O) groups is 1. The number of sulfonamides is 1. The van der Waals surface area contributed by atoms with Crippen LogP contribution in [-0.4, -0.2) is 21.4 Å². The van der Waals surface area contributed by atoms with Crippen molar-refractivity contribution >= 4 is 33.2 Å². The van der Waals surface area contributed by atoms with Gasteiger partial charge in [-0.05, 0) is 49.4 Å². The molecule has 2 aromatic rings. The summed E-state index contributed by atoms with van der Waals surface area (Å²) < 4.78 is 25.9. The van der Waals surface area contributed by atoms with Crippen molar-refractivity contribution in [2.75, 3.05) is 12.4 Å². The maximum Gasteiger partial charge on any atom is 0.257 e. The molecule has 0 bridgehead atoms. The number of amides is 1. The zero-order chi connectivity index (χ0) is 17.0. The highest BCUT2D eigenvalue weighted by molar-refractivity contribution is 7.89. The van der Waals surface area contributed by atoms with Gasteiger partial charge in [-0.3, -0.25) is 4.79 Å². The molecule has 23 heavy (non-hydrogen) atoms. The minimum absolute atomic E-state index is 0.0177. The Balaban J connectivity index is 2.29. The minimum Gasteiger partial charge on any atom is -0.322 e. The van der Waals surface area contributed by atoms with Crippen LogP contribution in [0.4, 0.5) is 5.69 Å². The van der Waals surface area contributed by atoms with Crippen molar-refractivity contribution in [1.29, 1.82) is 0 Å². The molecule has 0 heterocycles. The second-order valence-corrected chi connectivity index (χ2v) is 7.15. The Morgan fingerprint density at radius 1 is 1.13 bits per heavy atom. The molecule has 0 unspecified atom stereocenters. The van der Waals surface area contributed by atoms with E-state index in [0.29, 0.717) is 5.69 Å². The SMILES string of the molecule is CCc1ccc(NC(=O)c2cc(S(=O)(=O)NC)ccc2Cl)cc1. The number of halogens is 1. The van der Waals surface area contributed by atoms with E-state index < -0.39 is 15.9 Å². The van der Waals surface area contributed by atoms with E-state index in [1.165, 1.54) is 25.2 Å². The highest BCUT2D eigenvalue weighted by atomic mass is 35.5. The molecule has 0 atom stereocenters. The van der Waals surface area contributed by atoms with Gasteiger partial charge in [0.25, 0.3) is 5.91 Å². The third-order valence-corrected chi connectivity index (χ3v) is 5.12. The number of aryl methyl sites for hydroxylation is 1. The summed E-state index contributed by atoms with van der Waals surface area (Å²) >= 11 is 6.02. The number of carbonyl (C=O) groups excluding carboxylic acids is 1. The Morgan fingerprint density at radius 2 is 1.78 bits per heavy atom. The monoisotopic (exact) mass is 352 g/mol. The number of nitrogens with one attached hydrogen (secondary N) is 2. The fourth-order valence-corrected chi connectivity index (χ4v) is 2.94. The van der Waals surface area contributed by atoms with Crippen molar-refractivity contribution in [2.24, 2.45) is 0 Å². The first-order valence-electron chi connectivity index (χ1n) is 7.00. The zero-order valence-corrected chi connectivity index (χ0v) is 14.3. The molecule has 2 N–H and O–H groups in total. The normalized spacial score (nSPS) is 11.3. The van der Waals surface area contributed by atoms with Gasteiger partial charge in [-0.15, -0.1) is 0 Å². The van der Waals surface area contributed by atoms with Crippen molar-refractivity contribution in [2.45, 2.75) is 18.2 Å². The lowest BCUT2D eigenvalue weighted by Gasteiger charge is -2.09. The van der Waals surface area contributed by atoms with Gasteiger partial charge in [0.1, 0.15) is 0 Å². The summed E-state index contributed by atoms with van der Waals surface area (Å²) in [6.07, 6.45) is 0.907. The summed E-state index contributed by atoms with van der Waals surface area (Å²) in [7, 11) is -2.34. The molecule has 0 aliphatic carbocycles. The number of hydrogen-bond donors (Lipinski definition) is 2. The average molecular weight is 353 g/mol. The van der Waals surface area contributed by atoms with Crippen LogP contribution in [-0.2, 0) is 16.4 Å². The number of hydrogen-bond acceptors (Lipinski definition) is 3. The van der Waals surface area contributed by atoms with Crippen molar-refractivity contribution in [3.8, 4) is 0 Å². The minimum atomic E-state index is -3.64. The molecule has 7 heteroatoms. The Morgan fingerprint density at radius 3 is 2.35 bits per heavy atom. The smallest absolute Gasteiger partial charge is 0.257 e. The van der Waals surface area contributed by atoms with Gasteiger partial charge in [0, 0.05) is 5.69 Å². The van der Waals surface area contributed by atoms with Crippen LogP contribution in [0.25, 0.3) is 0 Å². The molecule has 5 nitrogen and oxygen atoms in total. The highest BCUT2D eigenvalue weighted by Gasteiger charge is 2.17. The van der Waals surface area contributed by atoms with Crippen LogP contribution in [0.2, 0.25) is 5.02 Å². The van der Waals surface area contributed by atoms with E-state index in [9.17, 15) is 13.2 Å². The van der Waals surface area contributed by atoms with Gasteiger partial charge in [-0.25, -0.2) is 13.1 Å². The van der Waals surface area contributed by atoms with Crippen molar-refractivity contribution in [3.05, 3.63) is 58.6 Å². The first-order chi connectivity index (χ1) is 10.9. The van der Waals surface area contributed by atoms with Gasteiger partial charge in [0.05, 0.1) is 15.5 Å². The van der Waals surface area contributed by atoms with Gasteiger partial charge < -0.3 is 5.32 Å². The lowest BCUT2D eigenvalue weighted by molar-refractivity contribution is 0.102. The van der Waals surface area contributed by atoms with Gasteiger partial charge in [0.2, 0.25) is 10.0 Å². The standard InChI is InChI=1S/C16H17ClN2O3S/c1-3-11-4-6-12(7-5-11)19-16(20)14-10-13(8-9-15(14)17)23(21,22)18-2/h4-10,18H,3H2,1-2H3,(H,19,20). The van der Waals surface area contributed by atoms with Crippen LogP contribution >= 0.6 is 11.6 Å². The van der Waals surface area contributed by atoms with Crippen LogP contribution in [0.1, 0.15) is 22.8 Å². The molecule has 0 spiro atoms. The lowest BCUT2D eigenvalue weighted by atomic mass is 10.1. The first-order valence-corrected chi connectivity index (χ1v) is 8.87. The largest absolute Gasteiger partial charge is 0.322 e. The van der Waals surface area contributed by atoms with E-state index >= 15 is 0 Å². The quantitative estimate of drug-likeness (QED) is 0.868. The van der Waals surface area contributed by atoms with E-state index in [-0.39, 0.29) is 15.5 Å². The second-order valence-electron chi connectivity index (χ2n) is 4.85. The van der Waals surface area contributed by atoms with E-state index in [2.05, 4.69) is 10.0 Å². The number of benzene rings is 2. The Kier molecular flexibility index (Phi) is 5.41. The van der Waals surface area contributed by atoms with E-state index in [0.717, 1.165) is 12.0 Å². The summed E-state index contributed by atoms with van der Waals surface area (Å²) in [5.74, 6) is -0.465. The fourth-order valence-electron chi connectivity index (χ4n) is 1.99. The van der Waals surface area contributed by atoms with Crippen LogP contribution in [0.5, 0.6) is 0 Å². The highest BCUT2D eigenvalue weighted by Crippen LogP contribution is 2.22. The third-order valence-electron chi connectivity index (χ3n) is 3.38. The topological polar surface area (TPSA) is 75.3 Å². The maximum atomic E-state index is 12.3. The zero-order valence-electron chi connectivity index (χ0n) is 12.8. The Labute approximate surface area is 140 Å². The molecule has 122 valence electrons. The summed E-state index contributed by atoms with van der Waals surface area (Å²) in [5.41, 5.74) is 1.87. The lowest BCUT2D eigenvalue weighted by Crippen LogP contribution is -2.20. The molecule has 1 amide bonds. The summed E-state index contributed by atoms with van der Waals surface area (Å²) in [6, 6.07) is 11.4. The molecular weight excluding hydrogens is 336 g/mol. The molecule has 0 aromatic heterocycles. The van der Waals surface area contributed by atoms with E-state index in [4.69, 9.17) is 11.6 Å². The van der Waals surface area contributed by atoms with Gasteiger partial charge in [-0.1, -0.05) is 30.7 Å². The Hall–Kier alpha value is -1.89. The summed E-state index contributed by atoms with van der Waals surface area (Å²) in [6.45, 7) is 2.04. The van der Waals surface area contributed by atoms with Crippen LogP contribution < -0.4 is 10.0 Å². The molecule has 0 radical (unpaired) electrons. The van der Waals surface area contributed by atoms with Crippen molar-refractivity contribution < 1.29 is 13.2 Å². The second kappa shape index (κ2) is 7.12. The molecule has 0 aliphatic rings. The van der Waals surface area contributed by atoms with Gasteiger partial charge in [-0.2, -0.15) is 0 Å². The predicted molar refractivity (Wildman–Crippen MR) is 91.5 cm³/mol. The summed E-state index contributed by atoms with van der Waals surface area (Å²) in [5, 5.41) is 2.89. The Bertz CT molecular complexity index is 818. The predicted octanol–water partition coefficient (Wildman–Crippen LogP) is 3.06. The third kappa shape index (κ3) is 4.10. The maximum absolute atomic E-state index is 12.3. The molecule has 0 saturated carbocycles. The fraction of sp³-hybridized carbons (Fsp3) is 0.188. The average Bonchev–Trinajstić information content (AvgIpc) is 2.55. The molecule has 0 fully saturated rings. The van der Waals surface area contributed by atoms with Crippen LogP contribution in [0.15, 0.2) is 47.4 Å². The molecule has 0 aliphatic heterocycles. The van der Waals surface area contributed by atoms with E-state index in [1.54, 1.807) is 12.1 Å². The van der Waals surface area contributed by atoms with Crippen molar-refractivity contribution in [1.82, 2.24) is 4.72 Å². The molecular formula is C16H17ClN2O3S. The number of rotatable bonds is 5. The molecule has 2 aromatic carbocycles. The summed E-state index contributed by atoms with van der Waals surface area (Å²) in [4.78, 5) is 12.3. The number of anilines is 1. The van der Waals surface area contributed by atoms with Crippen molar-refractivity contribution in [3.63, 3.8) is 0 Å². The molecule has 2 rings (SSSR count). The van der Waals surface area contributed by atoms with Gasteiger partial charge in [0.15, 0.2) is 0 Å².